The number of thiazole rings is 1. The quantitative estimate of drug-likeness (QED) is 0.772. The first kappa shape index (κ1) is 11.4. The summed E-state index contributed by atoms with van der Waals surface area (Å²) >= 11 is 1.68. The lowest BCUT2D eigenvalue weighted by molar-refractivity contribution is 0.687. The molecule has 3 aromatic rings. The standard InChI is InChI=1S/C15H14N2S/c1-16-14(15-17-8-9-18-15)13-7-6-11-4-2-3-5-12(11)10-13/h2-10,14,16H,1H3. The Balaban J connectivity index is 2.07. The Labute approximate surface area is 110 Å². The maximum absolute atomic E-state index is 4.40. The lowest BCUT2D eigenvalue weighted by Crippen LogP contribution is -2.17. The van der Waals surface area contributed by atoms with Gasteiger partial charge in [-0.3, -0.25) is 0 Å². The van der Waals surface area contributed by atoms with Crippen LogP contribution in [0.25, 0.3) is 10.8 Å². The molecule has 0 bridgehead atoms. The van der Waals surface area contributed by atoms with Crippen molar-refractivity contribution in [3.8, 4) is 0 Å². The molecule has 1 unspecified atom stereocenters. The molecule has 0 radical (unpaired) electrons. The van der Waals surface area contributed by atoms with Gasteiger partial charge in [-0.05, 0) is 29.4 Å². The second-order valence-electron chi connectivity index (χ2n) is 4.20. The Morgan fingerprint density at radius 1 is 1.11 bits per heavy atom. The van der Waals surface area contributed by atoms with Crippen LogP contribution < -0.4 is 5.32 Å². The normalized spacial score (nSPS) is 12.7. The number of rotatable bonds is 3. The van der Waals surface area contributed by atoms with Crippen molar-refractivity contribution < 1.29 is 0 Å². The summed E-state index contributed by atoms with van der Waals surface area (Å²) in [6.45, 7) is 0. The highest BCUT2D eigenvalue weighted by atomic mass is 32.1. The molecule has 90 valence electrons. The monoisotopic (exact) mass is 254 g/mol. The van der Waals surface area contributed by atoms with Gasteiger partial charge in [0.25, 0.3) is 0 Å². The fourth-order valence-electron chi connectivity index (χ4n) is 2.20. The highest BCUT2D eigenvalue weighted by Gasteiger charge is 2.14. The van der Waals surface area contributed by atoms with Gasteiger partial charge in [-0.25, -0.2) is 4.98 Å². The zero-order valence-electron chi connectivity index (χ0n) is 10.1. The van der Waals surface area contributed by atoms with E-state index in [1.165, 1.54) is 16.3 Å². The predicted octanol–water partition coefficient (Wildman–Crippen LogP) is 3.61. The molecule has 18 heavy (non-hydrogen) atoms. The molecular weight excluding hydrogens is 240 g/mol. The Morgan fingerprint density at radius 3 is 2.67 bits per heavy atom. The molecular formula is C15H14N2S. The van der Waals surface area contributed by atoms with Crippen molar-refractivity contribution in [2.75, 3.05) is 7.05 Å². The van der Waals surface area contributed by atoms with Crippen molar-refractivity contribution in [1.82, 2.24) is 10.3 Å². The van der Waals surface area contributed by atoms with E-state index in [1.807, 2.05) is 18.6 Å². The molecule has 0 fully saturated rings. The number of fused-ring (bicyclic) bond motifs is 1. The maximum atomic E-state index is 4.40. The second kappa shape index (κ2) is 4.88. The van der Waals surface area contributed by atoms with E-state index in [9.17, 15) is 0 Å². The van der Waals surface area contributed by atoms with Crippen LogP contribution in [0.2, 0.25) is 0 Å². The van der Waals surface area contributed by atoms with Gasteiger partial charge < -0.3 is 5.32 Å². The van der Waals surface area contributed by atoms with Crippen molar-refractivity contribution in [3.05, 3.63) is 64.6 Å². The van der Waals surface area contributed by atoms with E-state index in [-0.39, 0.29) is 6.04 Å². The second-order valence-corrected chi connectivity index (χ2v) is 5.12. The predicted molar refractivity (Wildman–Crippen MR) is 77.0 cm³/mol. The van der Waals surface area contributed by atoms with E-state index >= 15 is 0 Å². The minimum absolute atomic E-state index is 0.176. The van der Waals surface area contributed by atoms with E-state index in [4.69, 9.17) is 0 Å². The molecule has 3 heteroatoms. The summed E-state index contributed by atoms with van der Waals surface area (Å²) in [6.07, 6.45) is 1.85. The molecule has 3 rings (SSSR count). The van der Waals surface area contributed by atoms with Crippen molar-refractivity contribution >= 4 is 22.1 Å². The highest BCUT2D eigenvalue weighted by molar-refractivity contribution is 7.09. The van der Waals surface area contributed by atoms with Gasteiger partial charge in [-0.1, -0.05) is 36.4 Å². The van der Waals surface area contributed by atoms with Crippen LogP contribution in [0.1, 0.15) is 16.6 Å². The van der Waals surface area contributed by atoms with Crippen molar-refractivity contribution in [2.45, 2.75) is 6.04 Å². The number of hydrogen-bond donors (Lipinski definition) is 1. The minimum atomic E-state index is 0.176. The first-order chi connectivity index (χ1) is 8.88. The Kier molecular flexibility index (Phi) is 3.09. The van der Waals surface area contributed by atoms with Crippen LogP contribution in [-0.2, 0) is 0 Å². The Hall–Kier alpha value is -1.71. The van der Waals surface area contributed by atoms with E-state index < -0.39 is 0 Å². The van der Waals surface area contributed by atoms with E-state index in [0.29, 0.717) is 0 Å². The van der Waals surface area contributed by atoms with Gasteiger partial charge in [0, 0.05) is 11.6 Å². The first-order valence-electron chi connectivity index (χ1n) is 5.94. The third-order valence-electron chi connectivity index (χ3n) is 3.09. The van der Waals surface area contributed by atoms with Crippen molar-refractivity contribution in [2.24, 2.45) is 0 Å². The van der Waals surface area contributed by atoms with Crippen LogP contribution in [-0.4, -0.2) is 12.0 Å². The highest BCUT2D eigenvalue weighted by Crippen LogP contribution is 2.26. The number of benzene rings is 2. The molecule has 1 aromatic heterocycles. The summed E-state index contributed by atoms with van der Waals surface area (Å²) < 4.78 is 0. The smallest absolute Gasteiger partial charge is 0.114 e. The largest absolute Gasteiger partial charge is 0.307 e. The van der Waals surface area contributed by atoms with Gasteiger partial charge in [0.05, 0.1) is 6.04 Å². The maximum Gasteiger partial charge on any atom is 0.114 e. The SMILES string of the molecule is CNC(c1ccc2ccccc2c1)c1nccs1. The average Bonchev–Trinajstić information content (AvgIpc) is 2.93. The summed E-state index contributed by atoms with van der Waals surface area (Å²) in [6, 6.07) is 15.2. The molecule has 0 aliphatic rings. The summed E-state index contributed by atoms with van der Waals surface area (Å²) in [5.74, 6) is 0. The van der Waals surface area contributed by atoms with E-state index in [2.05, 4.69) is 52.8 Å². The minimum Gasteiger partial charge on any atom is -0.307 e. The summed E-state index contributed by atoms with van der Waals surface area (Å²) in [7, 11) is 1.97. The Bertz CT molecular complexity index is 646. The summed E-state index contributed by atoms with van der Waals surface area (Å²) in [5.41, 5.74) is 1.26. The van der Waals surface area contributed by atoms with Gasteiger partial charge in [-0.2, -0.15) is 0 Å². The number of aromatic nitrogens is 1. The van der Waals surface area contributed by atoms with Crippen LogP contribution in [0.15, 0.2) is 54.0 Å². The molecule has 0 saturated heterocycles. The fraction of sp³-hybridized carbons (Fsp3) is 0.133. The lowest BCUT2D eigenvalue weighted by atomic mass is 10.0. The molecule has 1 heterocycles. The van der Waals surface area contributed by atoms with Gasteiger partial charge in [0.1, 0.15) is 5.01 Å². The number of hydrogen-bond acceptors (Lipinski definition) is 3. The molecule has 2 nitrogen and oxygen atoms in total. The van der Waals surface area contributed by atoms with Crippen LogP contribution in [0, 0.1) is 0 Å². The molecule has 1 atom stereocenters. The number of nitrogens with one attached hydrogen (secondary N) is 1. The Morgan fingerprint density at radius 2 is 1.94 bits per heavy atom. The van der Waals surface area contributed by atoms with E-state index in [0.717, 1.165) is 5.01 Å². The molecule has 0 spiro atoms. The van der Waals surface area contributed by atoms with Gasteiger partial charge in [-0.15, -0.1) is 11.3 Å². The molecule has 1 N–H and O–H groups in total. The van der Waals surface area contributed by atoms with Crippen LogP contribution in [0.4, 0.5) is 0 Å². The molecule has 2 aromatic carbocycles. The first-order valence-corrected chi connectivity index (χ1v) is 6.82. The number of nitrogens with zero attached hydrogens (tertiary/aromatic N) is 1. The molecule has 0 amide bonds. The zero-order chi connectivity index (χ0) is 12.4. The summed E-state index contributed by atoms with van der Waals surface area (Å²) in [5, 5.41) is 9.00. The molecule has 0 aliphatic heterocycles. The zero-order valence-corrected chi connectivity index (χ0v) is 10.9. The third kappa shape index (κ3) is 2.03. The average molecular weight is 254 g/mol. The summed E-state index contributed by atoms with van der Waals surface area (Å²) in [4.78, 5) is 4.40. The van der Waals surface area contributed by atoms with Gasteiger partial charge >= 0.3 is 0 Å². The van der Waals surface area contributed by atoms with Gasteiger partial charge in [0.2, 0.25) is 0 Å². The molecule has 0 aliphatic carbocycles. The van der Waals surface area contributed by atoms with Crippen molar-refractivity contribution in [3.63, 3.8) is 0 Å². The lowest BCUT2D eigenvalue weighted by Gasteiger charge is -2.14. The van der Waals surface area contributed by atoms with Crippen LogP contribution >= 0.6 is 11.3 Å². The van der Waals surface area contributed by atoms with Crippen LogP contribution in [0.3, 0.4) is 0 Å². The third-order valence-corrected chi connectivity index (χ3v) is 3.93. The van der Waals surface area contributed by atoms with Crippen LogP contribution in [0.5, 0.6) is 0 Å². The van der Waals surface area contributed by atoms with Gasteiger partial charge in [0.15, 0.2) is 0 Å². The molecule has 0 saturated carbocycles. The van der Waals surface area contributed by atoms with Crippen molar-refractivity contribution in [1.29, 1.82) is 0 Å². The topological polar surface area (TPSA) is 24.9 Å². The fourth-order valence-corrected chi connectivity index (χ4v) is 2.97. The van der Waals surface area contributed by atoms with E-state index in [1.54, 1.807) is 11.3 Å².